The monoisotopic (exact) mass is 665 g/mol. The van der Waals surface area contributed by atoms with E-state index in [1.165, 1.54) is 24.3 Å². The number of methoxy groups -OCH3 is 1. The zero-order valence-electron chi connectivity index (χ0n) is 28.4. The molecule has 2 aromatic carbocycles. The Balaban J connectivity index is 1.57. The van der Waals surface area contributed by atoms with Gasteiger partial charge in [-0.05, 0) is 69.3 Å². The third-order valence-corrected chi connectivity index (χ3v) is 10.1. The fraction of sp³-hybridized carbons (Fsp3) is 0.486. The van der Waals surface area contributed by atoms with Crippen molar-refractivity contribution in [3.8, 4) is 17.1 Å². The summed E-state index contributed by atoms with van der Waals surface area (Å²) in [7, 11) is 1.41. The van der Waals surface area contributed by atoms with E-state index in [2.05, 4.69) is 40.5 Å². The van der Waals surface area contributed by atoms with Crippen molar-refractivity contribution in [1.82, 2.24) is 19.8 Å². The van der Waals surface area contributed by atoms with E-state index in [1.54, 1.807) is 18.1 Å². The second-order valence-corrected chi connectivity index (χ2v) is 14.5. The number of hydrogen-bond acceptors (Lipinski definition) is 9. The number of aldehydes is 1. The summed E-state index contributed by atoms with van der Waals surface area (Å²) in [5.74, 6) is 0.638. The lowest BCUT2D eigenvalue weighted by Gasteiger charge is -2.45. The number of carbonyl (C=O) groups excluding carboxylic acids is 2. The minimum atomic E-state index is -4.11. The highest BCUT2D eigenvalue weighted by Crippen LogP contribution is 2.35. The Labute approximate surface area is 278 Å². The van der Waals surface area contributed by atoms with Gasteiger partial charge < -0.3 is 14.4 Å². The molecule has 0 unspecified atom stereocenters. The highest BCUT2D eigenvalue weighted by Gasteiger charge is 2.40. The van der Waals surface area contributed by atoms with E-state index in [-0.39, 0.29) is 46.2 Å². The summed E-state index contributed by atoms with van der Waals surface area (Å²) < 4.78 is 40.6. The third kappa shape index (κ3) is 9.15. The van der Waals surface area contributed by atoms with E-state index in [0.717, 1.165) is 36.0 Å². The number of benzene rings is 2. The lowest BCUT2D eigenvalue weighted by molar-refractivity contribution is -0.140. The maximum absolute atomic E-state index is 13.3. The number of rotatable bonds is 16. The van der Waals surface area contributed by atoms with Gasteiger partial charge in [0, 0.05) is 55.9 Å². The van der Waals surface area contributed by atoms with Gasteiger partial charge in [-0.1, -0.05) is 44.2 Å². The molecule has 1 fully saturated rings. The second kappa shape index (κ2) is 15.8. The normalized spacial score (nSPS) is 16.9. The van der Waals surface area contributed by atoms with Crippen molar-refractivity contribution in [2.24, 2.45) is 11.8 Å². The standard InChI is InChI=1S/C35H47N5O6S/c1-23(2)16-29(40(6)28-18-27(19-28)34(42)39(5)14-15-45-7)22-46-32-20-31(33-24(3)10-8-11-25(33)4)36-35(37-32)38-47(43,44)30-13-9-12-26(17-30)21-41/h8-13,17,20-21,23,27-29H,14-16,18-19,22H2,1-7H3,(H,36,37,38)/t27?,28?,29-/m1/s1. The molecule has 1 aliphatic rings. The van der Waals surface area contributed by atoms with Crippen molar-refractivity contribution in [2.75, 3.05) is 45.7 Å². The number of likely N-dealkylation sites (N-methyl/N-ethyl adjacent to an activating group) is 2. The predicted molar refractivity (Wildman–Crippen MR) is 182 cm³/mol. The molecule has 1 aliphatic carbocycles. The van der Waals surface area contributed by atoms with Crippen LogP contribution in [0.4, 0.5) is 5.95 Å². The molecular weight excluding hydrogens is 618 g/mol. The van der Waals surface area contributed by atoms with Crippen molar-refractivity contribution < 1.29 is 27.5 Å². The number of carbonyl (C=O) groups is 2. The lowest BCUT2D eigenvalue weighted by Crippen LogP contribution is -2.53. The van der Waals surface area contributed by atoms with E-state index < -0.39 is 10.0 Å². The molecule has 47 heavy (non-hydrogen) atoms. The average molecular weight is 666 g/mol. The molecule has 1 saturated carbocycles. The molecule has 1 N–H and O–H groups in total. The maximum atomic E-state index is 13.3. The van der Waals surface area contributed by atoms with Gasteiger partial charge in [0.25, 0.3) is 10.0 Å². The van der Waals surface area contributed by atoms with Crippen LogP contribution in [0.15, 0.2) is 53.4 Å². The van der Waals surface area contributed by atoms with Crippen LogP contribution in [0, 0.1) is 25.7 Å². The van der Waals surface area contributed by atoms with E-state index in [0.29, 0.717) is 37.7 Å². The Morgan fingerprint density at radius 3 is 2.38 bits per heavy atom. The minimum absolute atomic E-state index is 0.00509. The number of anilines is 1. The van der Waals surface area contributed by atoms with Crippen molar-refractivity contribution in [2.45, 2.75) is 63.9 Å². The molecule has 1 heterocycles. The van der Waals surface area contributed by atoms with Crippen LogP contribution >= 0.6 is 0 Å². The third-order valence-electron chi connectivity index (χ3n) is 8.76. The van der Waals surface area contributed by atoms with Gasteiger partial charge in [-0.2, -0.15) is 4.98 Å². The molecule has 0 bridgehead atoms. The number of hydrogen-bond donors (Lipinski definition) is 1. The summed E-state index contributed by atoms with van der Waals surface area (Å²) in [4.78, 5) is 37.2. The second-order valence-electron chi connectivity index (χ2n) is 12.8. The Kier molecular flexibility index (Phi) is 12.1. The Morgan fingerprint density at radius 1 is 1.06 bits per heavy atom. The number of nitrogens with zero attached hydrogens (tertiary/aromatic N) is 4. The molecule has 254 valence electrons. The number of nitrogens with one attached hydrogen (secondary N) is 1. The van der Waals surface area contributed by atoms with Gasteiger partial charge in [0.05, 0.1) is 17.2 Å². The Bertz CT molecular complexity index is 1640. The average Bonchev–Trinajstić information content (AvgIpc) is 3.00. The van der Waals surface area contributed by atoms with E-state index in [4.69, 9.17) is 9.47 Å². The van der Waals surface area contributed by atoms with Gasteiger partial charge in [0.15, 0.2) is 0 Å². The molecule has 4 rings (SSSR count). The molecule has 0 radical (unpaired) electrons. The van der Waals surface area contributed by atoms with Gasteiger partial charge in [0.1, 0.15) is 12.9 Å². The summed E-state index contributed by atoms with van der Waals surface area (Å²) in [5, 5.41) is 0. The fourth-order valence-electron chi connectivity index (χ4n) is 5.97. The minimum Gasteiger partial charge on any atom is -0.476 e. The van der Waals surface area contributed by atoms with Gasteiger partial charge >= 0.3 is 0 Å². The lowest BCUT2D eigenvalue weighted by atomic mass is 9.77. The van der Waals surface area contributed by atoms with Crippen molar-refractivity contribution in [1.29, 1.82) is 0 Å². The zero-order chi connectivity index (χ0) is 34.3. The molecule has 0 spiro atoms. The highest BCUT2D eigenvalue weighted by atomic mass is 32.2. The number of ether oxygens (including phenoxy) is 2. The fourth-order valence-corrected chi connectivity index (χ4v) is 6.97. The first-order chi connectivity index (χ1) is 22.3. The van der Waals surface area contributed by atoms with Crippen LogP contribution in [-0.4, -0.2) is 93.4 Å². The molecule has 11 nitrogen and oxygen atoms in total. The topological polar surface area (TPSA) is 131 Å². The molecule has 1 atom stereocenters. The number of aryl methyl sites for hydroxylation is 2. The van der Waals surface area contributed by atoms with Crippen molar-refractivity contribution in [3.63, 3.8) is 0 Å². The Hall–Kier alpha value is -3.87. The van der Waals surface area contributed by atoms with Crippen LogP contribution in [0.25, 0.3) is 11.3 Å². The molecule has 1 aromatic heterocycles. The van der Waals surface area contributed by atoms with E-state index in [9.17, 15) is 18.0 Å². The van der Waals surface area contributed by atoms with E-state index in [1.807, 2.05) is 39.1 Å². The summed E-state index contributed by atoms with van der Waals surface area (Å²) in [5.41, 5.74) is 3.57. The van der Waals surface area contributed by atoms with Crippen LogP contribution < -0.4 is 9.46 Å². The van der Waals surface area contributed by atoms with Gasteiger partial charge in [0.2, 0.25) is 17.7 Å². The van der Waals surface area contributed by atoms with Crippen molar-refractivity contribution in [3.05, 3.63) is 65.2 Å². The van der Waals surface area contributed by atoms with Crippen LogP contribution in [0.5, 0.6) is 5.88 Å². The first-order valence-corrected chi connectivity index (χ1v) is 17.4. The molecular formula is C35H47N5O6S. The number of amides is 1. The SMILES string of the molecule is COCCN(C)C(=O)C1CC(N(C)[C@@H](COc2cc(-c3c(C)cccc3C)nc(NS(=O)(=O)c3cccc(C=O)c3)n2)CC(C)C)C1. The van der Waals surface area contributed by atoms with Gasteiger partial charge in [-0.25, -0.2) is 18.1 Å². The summed E-state index contributed by atoms with van der Waals surface area (Å²) in [6.07, 6.45) is 3.02. The van der Waals surface area contributed by atoms with Crippen LogP contribution in [-0.2, 0) is 19.6 Å². The maximum Gasteiger partial charge on any atom is 0.264 e. The molecule has 0 saturated heterocycles. The van der Waals surface area contributed by atoms with Crippen LogP contribution in [0.1, 0.15) is 54.6 Å². The quantitative estimate of drug-likeness (QED) is 0.211. The summed E-state index contributed by atoms with van der Waals surface area (Å²) in [6, 6.07) is 13.7. The van der Waals surface area contributed by atoms with Gasteiger partial charge in [-0.15, -0.1) is 0 Å². The van der Waals surface area contributed by atoms with Crippen LogP contribution in [0.2, 0.25) is 0 Å². The van der Waals surface area contributed by atoms with Crippen LogP contribution in [0.3, 0.4) is 0 Å². The molecule has 3 aromatic rings. The largest absolute Gasteiger partial charge is 0.476 e. The zero-order valence-corrected chi connectivity index (χ0v) is 29.2. The van der Waals surface area contributed by atoms with E-state index >= 15 is 0 Å². The predicted octanol–water partition coefficient (Wildman–Crippen LogP) is 4.98. The number of aromatic nitrogens is 2. The number of sulfonamides is 1. The first-order valence-electron chi connectivity index (χ1n) is 15.9. The smallest absolute Gasteiger partial charge is 0.264 e. The molecule has 0 aliphatic heterocycles. The first kappa shape index (κ1) is 36.0. The van der Waals surface area contributed by atoms with Gasteiger partial charge in [-0.3, -0.25) is 14.5 Å². The highest BCUT2D eigenvalue weighted by molar-refractivity contribution is 7.92. The summed E-state index contributed by atoms with van der Waals surface area (Å²) in [6.45, 7) is 9.66. The Morgan fingerprint density at radius 2 is 1.74 bits per heavy atom. The molecule has 12 heteroatoms. The summed E-state index contributed by atoms with van der Waals surface area (Å²) >= 11 is 0. The van der Waals surface area contributed by atoms with Crippen molar-refractivity contribution >= 4 is 28.2 Å². The molecule has 1 amide bonds.